The summed E-state index contributed by atoms with van der Waals surface area (Å²) >= 11 is 0. The highest BCUT2D eigenvalue weighted by molar-refractivity contribution is 5.90. The van der Waals surface area contributed by atoms with Gasteiger partial charge in [-0.2, -0.15) is 0 Å². The second kappa shape index (κ2) is 13.9. The first-order chi connectivity index (χ1) is 17.3. The number of carboxylic acid groups (broad SMARTS) is 2. The molecule has 0 aromatic rings. The molecule has 1 heterocycles. The Morgan fingerprint density at radius 1 is 0.649 bits per heavy atom. The zero-order valence-corrected chi connectivity index (χ0v) is 19.6. The Hall–Kier alpha value is -2.44. The Morgan fingerprint density at radius 3 is 1.70 bits per heavy atom. The standard InChI is InChI=1S/C21H32O16/c22-10-1-8(4-35-15(27)2-13(23)24)9(17(29)18(10)30)5-34-6-11-19(31)21(33)20(32)12(37-11)7-36-16(28)3-14(25)26/h8-12,17-22,29-33H,1-7H2,(H,23,24)(H,25,26)/t8?,9-,10-,11+,12?,17-,18?,19?,20-,21+/m1/s1. The number of hydrogen-bond acceptors (Lipinski definition) is 14. The van der Waals surface area contributed by atoms with Crippen LogP contribution in [0.15, 0.2) is 0 Å². The lowest BCUT2D eigenvalue weighted by Gasteiger charge is -2.42. The second-order valence-corrected chi connectivity index (χ2v) is 8.94. The summed E-state index contributed by atoms with van der Waals surface area (Å²) in [7, 11) is 0. The van der Waals surface area contributed by atoms with E-state index < -0.39 is 111 Å². The molecule has 1 aliphatic carbocycles. The van der Waals surface area contributed by atoms with E-state index in [0.717, 1.165) is 0 Å². The molecule has 2 rings (SSSR count). The van der Waals surface area contributed by atoms with Crippen molar-refractivity contribution in [2.75, 3.05) is 26.4 Å². The number of aliphatic hydroxyl groups excluding tert-OH is 6. The van der Waals surface area contributed by atoms with Crippen LogP contribution in [-0.4, -0.2) is 140 Å². The third-order valence-electron chi connectivity index (χ3n) is 6.19. The fourth-order valence-corrected chi connectivity index (χ4v) is 4.16. The van der Waals surface area contributed by atoms with Crippen LogP contribution in [0.3, 0.4) is 0 Å². The molecule has 2 fully saturated rings. The SMILES string of the molecule is O=C(O)CC(=O)OCC1O[C@@H](COC[C@@H]2C(COC(=O)CC(=O)O)C[C@@H](O)C(O)[C@@H]2O)C(O)[C@H](O)[C@@H]1O. The maximum atomic E-state index is 11.6. The summed E-state index contributed by atoms with van der Waals surface area (Å²) in [5, 5.41) is 78.1. The van der Waals surface area contributed by atoms with Gasteiger partial charge >= 0.3 is 23.9 Å². The number of ether oxygens (including phenoxy) is 4. The van der Waals surface area contributed by atoms with Gasteiger partial charge in [-0.05, 0) is 6.42 Å². The van der Waals surface area contributed by atoms with Gasteiger partial charge in [0, 0.05) is 11.8 Å². The third-order valence-corrected chi connectivity index (χ3v) is 6.19. The maximum Gasteiger partial charge on any atom is 0.317 e. The molecule has 212 valence electrons. The van der Waals surface area contributed by atoms with Gasteiger partial charge in [-0.3, -0.25) is 19.2 Å². The quantitative estimate of drug-likeness (QED) is 0.0857. The molecule has 8 N–H and O–H groups in total. The van der Waals surface area contributed by atoms with Crippen molar-refractivity contribution in [2.24, 2.45) is 11.8 Å². The van der Waals surface area contributed by atoms with E-state index in [1.807, 2.05) is 0 Å². The van der Waals surface area contributed by atoms with Gasteiger partial charge in [-0.1, -0.05) is 0 Å². The minimum Gasteiger partial charge on any atom is -0.481 e. The van der Waals surface area contributed by atoms with Gasteiger partial charge in [-0.15, -0.1) is 0 Å². The molecule has 37 heavy (non-hydrogen) atoms. The van der Waals surface area contributed by atoms with Crippen molar-refractivity contribution in [3.8, 4) is 0 Å². The molecule has 0 bridgehead atoms. The number of carbonyl (C=O) groups is 4. The van der Waals surface area contributed by atoms with Crippen molar-refractivity contribution in [3.05, 3.63) is 0 Å². The fraction of sp³-hybridized carbons (Fsp3) is 0.810. The smallest absolute Gasteiger partial charge is 0.317 e. The summed E-state index contributed by atoms with van der Waals surface area (Å²) in [5.41, 5.74) is 0. The van der Waals surface area contributed by atoms with Crippen molar-refractivity contribution < 1.29 is 79.0 Å². The minimum absolute atomic E-state index is 0.107. The van der Waals surface area contributed by atoms with Crippen molar-refractivity contribution in [2.45, 2.75) is 68.1 Å². The molecular weight excluding hydrogens is 508 g/mol. The Balaban J connectivity index is 1.96. The van der Waals surface area contributed by atoms with Crippen LogP contribution in [0.25, 0.3) is 0 Å². The lowest BCUT2D eigenvalue weighted by Crippen LogP contribution is -2.60. The molecule has 1 saturated carbocycles. The first-order valence-corrected chi connectivity index (χ1v) is 11.4. The molecule has 16 nitrogen and oxygen atoms in total. The van der Waals surface area contributed by atoms with Gasteiger partial charge in [0.05, 0.1) is 32.0 Å². The average Bonchev–Trinajstić information content (AvgIpc) is 2.81. The monoisotopic (exact) mass is 540 g/mol. The summed E-state index contributed by atoms with van der Waals surface area (Å²) in [6, 6.07) is 0. The van der Waals surface area contributed by atoms with E-state index in [-0.39, 0.29) is 19.6 Å². The summed E-state index contributed by atoms with van der Waals surface area (Å²) < 4.78 is 20.6. The first kappa shape index (κ1) is 30.8. The normalized spacial score (nSPS) is 35.9. The van der Waals surface area contributed by atoms with Crippen molar-refractivity contribution in [1.82, 2.24) is 0 Å². The Bertz CT molecular complexity index is 803. The van der Waals surface area contributed by atoms with E-state index in [1.165, 1.54) is 0 Å². The highest BCUT2D eigenvalue weighted by Gasteiger charge is 2.46. The van der Waals surface area contributed by atoms with E-state index in [2.05, 4.69) is 0 Å². The molecule has 0 aromatic heterocycles. The van der Waals surface area contributed by atoms with E-state index in [0.29, 0.717) is 0 Å². The molecule has 0 radical (unpaired) electrons. The van der Waals surface area contributed by atoms with Gasteiger partial charge in [0.25, 0.3) is 0 Å². The van der Waals surface area contributed by atoms with Crippen LogP contribution < -0.4 is 0 Å². The predicted octanol–water partition coefficient (Wildman–Crippen LogP) is -4.39. The van der Waals surface area contributed by atoms with Crippen LogP contribution in [-0.2, 0) is 38.1 Å². The van der Waals surface area contributed by atoms with Crippen molar-refractivity contribution in [3.63, 3.8) is 0 Å². The molecule has 16 heteroatoms. The summed E-state index contributed by atoms with van der Waals surface area (Å²) in [6.07, 6.45) is -14.0. The van der Waals surface area contributed by atoms with E-state index >= 15 is 0 Å². The van der Waals surface area contributed by atoms with Crippen molar-refractivity contribution in [1.29, 1.82) is 0 Å². The maximum absolute atomic E-state index is 11.6. The first-order valence-electron chi connectivity index (χ1n) is 11.4. The number of carbonyl (C=O) groups excluding carboxylic acids is 2. The number of aliphatic carboxylic acids is 2. The van der Waals surface area contributed by atoms with Gasteiger partial charge in [0.15, 0.2) is 0 Å². The van der Waals surface area contributed by atoms with E-state index in [1.54, 1.807) is 0 Å². The Kier molecular flexibility index (Phi) is 11.6. The van der Waals surface area contributed by atoms with Crippen LogP contribution in [0.1, 0.15) is 19.3 Å². The Labute approximate surface area is 209 Å². The highest BCUT2D eigenvalue weighted by Crippen LogP contribution is 2.32. The van der Waals surface area contributed by atoms with Gasteiger partial charge in [-0.25, -0.2) is 0 Å². The molecule has 0 amide bonds. The molecule has 2 aliphatic rings. The molecule has 1 saturated heterocycles. The number of rotatable bonds is 12. The number of carboxylic acids is 2. The second-order valence-electron chi connectivity index (χ2n) is 8.94. The molecular formula is C21H32O16. The van der Waals surface area contributed by atoms with Gasteiger partial charge in [0.2, 0.25) is 0 Å². The van der Waals surface area contributed by atoms with E-state index in [9.17, 15) is 49.8 Å². The predicted molar refractivity (Wildman–Crippen MR) is 114 cm³/mol. The topological polar surface area (TPSA) is 267 Å². The number of esters is 2. The zero-order chi connectivity index (χ0) is 27.9. The zero-order valence-electron chi connectivity index (χ0n) is 19.6. The van der Waals surface area contributed by atoms with Gasteiger partial charge < -0.3 is 59.8 Å². The summed E-state index contributed by atoms with van der Waals surface area (Å²) in [6.45, 7) is -1.73. The van der Waals surface area contributed by atoms with Crippen LogP contribution >= 0.6 is 0 Å². The van der Waals surface area contributed by atoms with E-state index in [4.69, 9.17) is 29.2 Å². The molecule has 0 aromatic carbocycles. The number of hydrogen-bond donors (Lipinski definition) is 8. The van der Waals surface area contributed by atoms with Crippen LogP contribution in [0.5, 0.6) is 0 Å². The van der Waals surface area contributed by atoms with Gasteiger partial charge in [0.1, 0.15) is 56.1 Å². The molecule has 4 unspecified atom stereocenters. The highest BCUT2D eigenvalue weighted by atomic mass is 16.6. The minimum atomic E-state index is -1.73. The van der Waals surface area contributed by atoms with Crippen LogP contribution in [0.4, 0.5) is 0 Å². The molecule has 1 aliphatic heterocycles. The van der Waals surface area contributed by atoms with Crippen molar-refractivity contribution >= 4 is 23.9 Å². The fourth-order valence-electron chi connectivity index (χ4n) is 4.16. The lowest BCUT2D eigenvalue weighted by atomic mass is 9.75. The largest absolute Gasteiger partial charge is 0.481 e. The third kappa shape index (κ3) is 8.82. The summed E-state index contributed by atoms with van der Waals surface area (Å²) in [4.78, 5) is 44.2. The average molecular weight is 540 g/mol. The Morgan fingerprint density at radius 2 is 1.16 bits per heavy atom. The summed E-state index contributed by atoms with van der Waals surface area (Å²) in [5.74, 6) is -6.63. The number of aliphatic hydroxyl groups is 6. The molecule has 10 atom stereocenters. The molecule has 0 spiro atoms. The lowest BCUT2D eigenvalue weighted by molar-refractivity contribution is -0.243. The van der Waals surface area contributed by atoms with Crippen LogP contribution in [0.2, 0.25) is 0 Å². The van der Waals surface area contributed by atoms with Crippen LogP contribution in [0, 0.1) is 11.8 Å².